The van der Waals surface area contributed by atoms with E-state index >= 15 is 0 Å². The number of aryl methyl sites for hydroxylation is 1. The van der Waals surface area contributed by atoms with Gasteiger partial charge in [-0.2, -0.15) is 0 Å². The maximum atomic E-state index is 12.9. The zero-order valence-corrected chi connectivity index (χ0v) is 20.7. The summed E-state index contributed by atoms with van der Waals surface area (Å²) in [5.41, 5.74) is 6.05. The molecule has 1 heterocycles. The molecule has 1 N–H and O–H groups in total. The van der Waals surface area contributed by atoms with Gasteiger partial charge in [0.2, 0.25) is 5.91 Å². The van der Waals surface area contributed by atoms with E-state index in [2.05, 4.69) is 35.6 Å². The summed E-state index contributed by atoms with van der Waals surface area (Å²) in [7, 11) is 3.20. The monoisotopic (exact) mass is 477 g/mol. The first-order chi connectivity index (χ1) is 17.5. The number of methoxy groups -OCH3 is 2. The van der Waals surface area contributed by atoms with Crippen LogP contribution in [-0.2, 0) is 4.79 Å². The van der Waals surface area contributed by atoms with Gasteiger partial charge in [-0.3, -0.25) is 4.79 Å². The van der Waals surface area contributed by atoms with Gasteiger partial charge < -0.3 is 19.2 Å². The van der Waals surface area contributed by atoms with E-state index in [9.17, 15) is 4.79 Å². The lowest BCUT2D eigenvalue weighted by Gasteiger charge is -2.12. The van der Waals surface area contributed by atoms with Crippen molar-refractivity contribution in [3.63, 3.8) is 0 Å². The van der Waals surface area contributed by atoms with Crippen LogP contribution in [0.3, 0.4) is 0 Å². The predicted octanol–water partition coefficient (Wildman–Crippen LogP) is 7.62. The normalized spacial score (nSPS) is 11.6. The highest BCUT2D eigenvalue weighted by Crippen LogP contribution is 2.39. The fourth-order valence-corrected chi connectivity index (χ4v) is 4.56. The molecule has 0 spiro atoms. The Labute approximate surface area is 210 Å². The first-order valence-corrected chi connectivity index (χ1v) is 11.7. The molecule has 0 saturated carbocycles. The van der Waals surface area contributed by atoms with E-state index in [0.717, 1.165) is 49.6 Å². The Morgan fingerprint density at radius 2 is 1.64 bits per heavy atom. The third-order valence-corrected chi connectivity index (χ3v) is 6.36. The van der Waals surface area contributed by atoms with Crippen molar-refractivity contribution in [3.8, 4) is 22.6 Å². The first kappa shape index (κ1) is 23.2. The second kappa shape index (κ2) is 9.62. The van der Waals surface area contributed by atoms with Gasteiger partial charge in [-0.05, 0) is 59.5 Å². The molecule has 4 aromatic carbocycles. The van der Waals surface area contributed by atoms with Crippen LogP contribution >= 0.6 is 0 Å². The van der Waals surface area contributed by atoms with Crippen LogP contribution in [-0.4, -0.2) is 20.1 Å². The maximum absolute atomic E-state index is 12.9. The van der Waals surface area contributed by atoms with E-state index in [1.807, 2.05) is 56.3 Å². The molecular weight excluding hydrogens is 450 g/mol. The second-order valence-corrected chi connectivity index (χ2v) is 8.75. The highest BCUT2D eigenvalue weighted by molar-refractivity contribution is 6.07. The van der Waals surface area contributed by atoms with Crippen LogP contribution in [0.2, 0.25) is 0 Å². The Bertz CT molecular complexity index is 1620. The molecule has 180 valence electrons. The molecule has 0 fully saturated rings. The van der Waals surface area contributed by atoms with Crippen molar-refractivity contribution in [1.82, 2.24) is 0 Å². The Morgan fingerprint density at radius 3 is 2.44 bits per heavy atom. The molecular formula is C31H27NO4. The van der Waals surface area contributed by atoms with Crippen molar-refractivity contribution >= 4 is 38.9 Å². The zero-order valence-electron chi connectivity index (χ0n) is 20.7. The fourth-order valence-electron chi connectivity index (χ4n) is 4.56. The van der Waals surface area contributed by atoms with E-state index in [0.29, 0.717) is 17.2 Å². The van der Waals surface area contributed by atoms with Crippen molar-refractivity contribution in [1.29, 1.82) is 0 Å². The Kier molecular flexibility index (Phi) is 6.21. The van der Waals surface area contributed by atoms with Crippen LogP contribution < -0.4 is 14.8 Å². The number of carbonyl (C=O) groups is 1. The molecule has 0 saturated heterocycles. The van der Waals surface area contributed by atoms with Crippen LogP contribution in [0.15, 0.2) is 89.6 Å². The number of allylic oxidation sites excluding steroid dienone is 1. The smallest absolute Gasteiger partial charge is 0.248 e. The lowest BCUT2D eigenvalue weighted by atomic mass is 9.96. The number of benzene rings is 4. The SMILES string of the molecule is COc1ccc(C)cc1NC(=O)/C=C(\C)c1cc2c(-c3cccc4ccccc34)coc2cc1OC. The van der Waals surface area contributed by atoms with Gasteiger partial charge in [0.25, 0.3) is 0 Å². The number of amides is 1. The van der Waals surface area contributed by atoms with Gasteiger partial charge in [-0.1, -0.05) is 48.5 Å². The molecule has 0 aliphatic carbocycles. The lowest BCUT2D eigenvalue weighted by molar-refractivity contribution is -0.111. The third kappa shape index (κ3) is 4.31. The molecule has 1 aromatic heterocycles. The summed E-state index contributed by atoms with van der Waals surface area (Å²) >= 11 is 0. The second-order valence-electron chi connectivity index (χ2n) is 8.75. The van der Waals surface area contributed by atoms with E-state index in [1.165, 1.54) is 0 Å². The summed E-state index contributed by atoms with van der Waals surface area (Å²) in [6.07, 6.45) is 3.36. The zero-order chi connectivity index (χ0) is 25.2. The summed E-state index contributed by atoms with van der Waals surface area (Å²) < 4.78 is 17.0. The minimum Gasteiger partial charge on any atom is -0.496 e. The molecule has 0 aliphatic rings. The van der Waals surface area contributed by atoms with Crippen LogP contribution in [0, 0.1) is 6.92 Å². The number of nitrogens with one attached hydrogen (secondary N) is 1. The maximum Gasteiger partial charge on any atom is 0.248 e. The lowest BCUT2D eigenvalue weighted by Crippen LogP contribution is -2.10. The fraction of sp³-hybridized carbons (Fsp3) is 0.129. The van der Waals surface area contributed by atoms with Gasteiger partial charge in [0.05, 0.1) is 26.2 Å². The van der Waals surface area contributed by atoms with E-state index < -0.39 is 0 Å². The minimum absolute atomic E-state index is 0.250. The third-order valence-electron chi connectivity index (χ3n) is 6.36. The van der Waals surface area contributed by atoms with Crippen molar-refractivity contribution in [2.75, 3.05) is 19.5 Å². The van der Waals surface area contributed by atoms with E-state index in [4.69, 9.17) is 13.9 Å². The average Bonchev–Trinajstić information content (AvgIpc) is 3.30. The van der Waals surface area contributed by atoms with Crippen molar-refractivity contribution in [2.24, 2.45) is 0 Å². The number of ether oxygens (including phenoxy) is 2. The molecule has 0 atom stereocenters. The number of furan rings is 1. The Balaban J connectivity index is 1.56. The predicted molar refractivity (Wildman–Crippen MR) is 146 cm³/mol. The summed E-state index contributed by atoms with van der Waals surface area (Å²) in [6, 6.07) is 24.1. The summed E-state index contributed by atoms with van der Waals surface area (Å²) in [5, 5.41) is 6.20. The quantitative estimate of drug-likeness (QED) is 0.256. The van der Waals surface area contributed by atoms with Crippen LogP contribution in [0.25, 0.3) is 38.4 Å². The molecule has 0 bridgehead atoms. The highest BCUT2D eigenvalue weighted by atomic mass is 16.5. The van der Waals surface area contributed by atoms with Gasteiger partial charge >= 0.3 is 0 Å². The molecule has 5 heteroatoms. The minimum atomic E-state index is -0.250. The Hall–Kier alpha value is -4.51. The molecule has 0 aliphatic heterocycles. The number of hydrogen-bond donors (Lipinski definition) is 1. The highest BCUT2D eigenvalue weighted by Gasteiger charge is 2.16. The largest absolute Gasteiger partial charge is 0.496 e. The number of carbonyl (C=O) groups excluding carboxylic acids is 1. The molecule has 1 amide bonds. The molecule has 5 nitrogen and oxygen atoms in total. The van der Waals surface area contributed by atoms with Crippen molar-refractivity contribution < 1.29 is 18.7 Å². The van der Waals surface area contributed by atoms with Gasteiger partial charge in [-0.15, -0.1) is 0 Å². The van der Waals surface area contributed by atoms with E-state index in [1.54, 1.807) is 26.6 Å². The van der Waals surface area contributed by atoms with Crippen LogP contribution in [0.1, 0.15) is 18.1 Å². The van der Waals surface area contributed by atoms with E-state index in [-0.39, 0.29) is 5.91 Å². The summed E-state index contributed by atoms with van der Waals surface area (Å²) in [6.45, 7) is 3.86. The number of fused-ring (bicyclic) bond motifs is 2. The first-order valence-electron chi connectivity index (χ1n) is 11.7. The molecule has 0 radical (unpaired) electrons. The summed E-state index contributed by atoms with van der Waals surface area (Å²) in [5.74, 6) is 0.994. The number of anilines is 1. The molecule has 5 aromatic rings. The standard InChI is InChI=1S/C31H27NO4/c1-19-12-13-28(34-3)27(14-19)32-31(33)15-20(2)24-16-25-26(18-36-30(25)17-29(24)35-4)23-11-7-9-21-8-5-6-10-22(21)23/h5-18H,1-4H3,(H,32,33)/b20-15+. The summed E-state index contributed by atoms with van der Waals surface area (Å²) in [4.78, 5) is 12.9. The number of rotatable bonds is 6. The van der Waals surface area contributed by atoms with Gasteiger partial charge in [0.1, 0.15) is 17.1 Å². The van der Waals surface area contributed by atoms with Gasteiger partial charge in [0, 0.05) is 28.7 Å². The van der Waals surface area contributed by atoms with Crippen LogP contribution in [0.5, 0.6) is 11.5 Å². The van der Waals surface area contributed by atoms with Crippen molar-refractivity contribution in [2.45, 2.75) is 13.8 Å². The van der Waals surface area contributed by atoms with Gasteiger partial charge in [0.15, 0.2) is 0 Å². The molecule has 36 heavy (non-hydrogen) atoms. The van der Waals surface area contributed by atoms with Crippen molar-refractivity contribution in [3.05, 3.63) is 96.3 Å². The van der Waals surface area contributed by atoms with Gasteiger partial charge in [-0.25, -0.2) is 0 Å². The topological polar surface area (TPSA) is 60.7 Å². The molecule has 0 unspecified atom stereocenters. The van der Waals surface area contributed by atoms with Crippen LogP contribution in [0.4, 0.5) is 5.69 Å². The average molecular weight is 478 g/mol. The number of hydrogen-bond acceptors (Lipinski definition) is 4. The Morgan fingerprint density at radius 1 is 0.861 bits per heavy atom. The molecule has 5 rings (SSSR count).